The lowest BCUT2D eigenvalue weighted by Crippen LogP contribution is -2.32. The van der Waals surface area contributed by atoms with Gasteiger partial charge in [0.1, 0.15) is 10.7 Å². The van der Waals surface area contributed by atoms with Crippen molar-refractivity contribution in [1.29, 1.82) is 0 Å². The number of rotatable bonds is 6. The van der Waals surface area contributed by atoms with Crippen LogP contribution in [0.25, 0.3) is 0 Å². The molecule has 0 spiro atoms. The van der Waals surface area contributed by atoms with Gasteiger partial charge in [-0.25, -0.2) is 0 Å². The minimum Gasteiger partial charge on any atom is -0.389 e. The van der Waals surface area contributed by atoms with E-state index >= 15 is 0 Å². The molecule has 1 aliphatic carbocycles. The van der Waals surface area contributed by atoms with Gasteiger partial charge in [-0.2, -0.15) is 0 Å². The van der Waals surface area contributed by atoms with Gasteiger partial charge in [0.15, 0.2) is 0 Å². The smallest absolute Gasteiger partial charge is 0.269 e. The van der Waals surface area contributed by atoms with Crippen LogP contribution in [0.5, 0.6) is 0 Å². The van der Waals surface area contributed by atoms with Gasteiger partial charge in [0.2, 0.25) is 5.91 Å². The Bertz CT molecular complexity index is 526. The SMILES string of the molecule is NC(=S)c1ccc(C(=O)NCCC(=O)NC2CC2)nc1. The average molecular weight is 292 g/mol. The zero-order chi connectivity index (χ0) is 14.5. The minimum absolute atomic E-state index is 0.0374. The van der Waals surface area contributed by atoms with E-state index in [0.717, 1.165) is 12.8 Å². The van der Waals surface area contributed by atoms with Gasteiger partial charge in [0.05, 0.1) is 0 Å². The lowest BCUT2D eigenvalue weighted by Gasteiger charge is -2.06. The second-order valence-corrected chi connectivity index (χ2v) is 5.08. The molecular weight excluding hydrogens is 276 g/mol. The van der Waals surface area contributed by atoms with Gasteiger partial charge in [0, 0.05) is 30.8 Å². The van der Waals surface area contributed by atoms with E-state index < -0.39 is 0 Å². The maximum atomic E-state index is 11.8. The molecule has 0 aromatic carbocycles. The summed E-state index contributed by atoms with van der Waals surface area (Å²) in [7, 11) is 0. The Hall–Kier alpha value is -2.02. The van der Waals surface area contributed by atoms with E-state index in [1.54, 1.807) is 12.1 Å². The molecule has 1 aliphatic rings. The fourth-order valence-corrected chi connectivity index (χ4v) is 1.70. The largest absolute Gasteiger partial charge is 0.389 e. The van der Waals surface area contributed by atoms with Crippen LogP contribution < -0.4 is 16.4 Å². The number of aromatic nitrogens is 1. The van der Waals surface area contributed by atoms with Gasteiger partial charge in [-0.1, -0.05) is 12.2 Å². The Morgan fingerprint density at radius 1 is 1.40 bits per heavy atom. The lowest BCUT2D eigenvalue weighted by molar-refractivity contribution is -0.121. The van der Waals surface area contributed by atoms with E-state index in [1.165, 1.54) is 6.20 Å². The van der Waals surface area contributed by atoms with Gasteiger partial charge in [-0.3, -0.25) is 14.6 Å². The predicted molar refractivity (Wildman–Crippen MR) is 78.2 cm³/mol. The van der Waals surface area contributed by atoms with Gasteiger partial charge < -0.3 is 16.4 Å². The normalized spacial score (nSPS) is 13.6. The van der Waals surface area contributed by atoms with Crippen LogP contribution in [0.1, 0.15) is 35.3 Å². The molecule has 1 saturated carbocycles. The van der Waals surface area contributed by atoms with E-state index in [2.05, 4.69) is 15.6 Å². The number of nitrogens with zero attached hydrogens (tertiary/aromatic N) is 1. The molecule has 0 bridgehead atoms. The van der Waals surface area contributed by atoms with Crippen LogP contribution in [-0.4, -0.2) is 34.4 Å². The highest BCUT2D eigenvalue weighted by atomic mass is 32.1. The molecule has 7 heteroatoms. The van der Waals surface area contributed by atoms with Crippen molar-refractivity contribution in [3.05, 3.63) is 29.6 Å². The van der Waals surface area contributed by atoms with E-state index in [4.69, 9.17) is 18.0 Å². The molecule has 6 nitrogen and oxygen atoms in total. The minimum atomic E-state index is -0.321. The Morgan fingerprint density at radius 2 is 2.15 bits per heavy atom. The summed E-state index contributed by atoms with van der Waals surface area (Å²) >= 11 is 4.80. The van der Waals surface area contributed by atoms with Crippen LogP contribution in [0.4, 0.5) is 0 Å². The third-order valence-electron chi connectivity index (χ3n) is 2.86. The lowest BCUT2D eigenvalue weighted by atomic mass is 10.2. The first-order valence-electron chi connectivity index (χ1n) is 6.39. The number of amides is 2. The third-order valence-corrected chi connectivity index (χ3v) is 3.10. The van der Waals surface area contributed by atoms with Crippen molar-refractivity contribution < 1.29 is 9.59 Å². The van der Waals surface area contributed by atoms with Crippen molar-refractivity contribution in [1.82, 2.24) is 15.6 Å². The van der Waals surface area contributed by atoms with Gasteiger partial charge >= 0.3 is 0 Å². The molecule has 0 saturated heterocycles. The maximum Gasteiger partial charge on any atom is 0.269 e. The highest BCUT2D eigenvalue weighted by Crippen LogP contribution is 2.18. The van der Waals surface area contributed by atoms with Crippen LogP contribution >= 0.6 is 12.2 Å². The molecule has 2 rings (SSSR count). The summed E-state index contributed by atoms with van der Waals surface area (Å²) in [5.74, 6) is -0.358. The molecule has 1 aromatic rings. The van der Waals surface area contributed by atoms with Gasteiger partial charge in [0.25, 0.3) is 5.91 Å². The van der Waals surface area contributed by atoms with Crippen LogP contribution in [0, 0.1) is 0 Å². The molecule has 2 amide bonds. The highest BCUT2D eigenvalue weighted by molar-refractivity contribution is 7.80. The van der Waals surface area contributed by atoms with Crippen molar-refractivity contribution in [3.63, 3.8) is 0 Å². The number of nitrogens with one attached hydrogen (secondary N) is 2. The Labute approximate surface area is 122 Å². The number of carbonyl (C=O) groups excluding carboxylic acids is 2. The number of carbonyl (C=O) groups is 2. The number of hydrogen-bond donors (Lipinski definition) is 3. The Kier molecular flexibility index (Phi) is 4.62. The first kappa shape index (κ1) is 14.4. The van der Waals surface area contributed by atoms with Crippen LogP contribution in [0.2, 0.25) is 0 Å². The summed E-state index contributed by atoms with van der Waals surface area (Å²) < 4.78 is 0. The molecule has 1 fully saturated rings. The Balaban J connectivity index is 1.76. The molecule has 1 heterocycles. The molecule has 0 atom stereocenters. The summed E-state index contributed by atoms with van der Waals surface area (Å²) in [6.45, 7) is 0.288. The summed E-state index contributed by atoms with van der Waals surface area (Å²) in [4.78, 5) is 27.4. The zero-order valence-corrected chi connectivity index (χ0v) is 11.7. The second-order valence-electron chi connectivity index (χ2n) is 4.64. The first-order chi connectivity index (χ1) is 9.56. The molecule has 1 aromatic heterocycles. The van der Waals surface area contributed by atoms with Gasteiger partial charge in [-0.15, -0.1) is 0 Å². The van der Waals surface area contributed by atoms with Crippen molar-refractivity contribution in [3.8, 4) is 0 Å². The first-order valence-corrected chi connectivity index (χ1v) is 6.80. The van der Waals surface area contributed by atoms with Crippen molar-refractivity contribution >= 4 is 29.0 Å². The maximum absolute atomic E-state index is 11.8. The number of pyridine rings is 1. The number of thiocarbonyl (C=S) groups is 1. The number of hydrogen-bond acceptors (Lipinski definition) is 4. The molecule has 0 unspecified atom stereocenters. The van der Waals surface area contributed by atoms with E-state index in [1.807, 2.05) is 0 Å². The molecule has 0 radical (unpaired) electrons. The van der Waals surface area contributed by atoms with Crippen LogP contribution in [0.15, 0.2) is 18.3 Å². The van der Waals surface area contributed by atoms with Crippen molar-refractivity contribution in [2.24, 2.45) is 5.73 Å². The average Bonchev–Trinajstić information content (AvgIpc) is 3.22. The molecule has 0 aliphatic heterocycles. The summed E-state index contributed by atoms with van der Waals surface area (Å²) in [6, 6.07) is 3.53. The predicted octanol–water partition coefficient (Wildman–Crippen LogP) is 0.114. The van der Waals surface area contributed by atoms with E-state index in [0.29, 0.717) is 11.6 Å². The van der Waals surface area contributed by atoms with Crippen LogP contribution in [0.3, 0.4) is 0 Å². The standard InChI is InChI=1S/C13H16N4O2S/c14-12(20)8-1-4-10(16-7-8)13(19)15-6-5-11(18)17-9-2-3-9/h1,4,7,9H,2-3,5-6H2,(H2,14,20)(H,15,19)(H,17,18). The monoisotopic (exact) mass is 292 g/mol. The quantitative estimate of drug-likeness (QED) is 0.647. The summed E-state index contributed by atoms with van der Waals surface area (Å²) in [6.07, 6.45) is 3.83. The summed E-state index contributed by atoms with van der Waals surface area (Å²) in [5.41, 5.74) is 6.33. The molecule has 20 heavy (non-hydrogen) atoms. The number of nitrogens with two attached hydrogens (primary N) is 1. The van der Waals surface area contributed by atoms with E-state index in [9.17, 15) is 9.59 Å². The van der Waals surface area contributed by atoms with Crippen molar-refractivity contribution in [2.45, 2.75) is 25.3 Å². The third kappa shape index (κ3) is 4.27. The molecular formula is C13H16N4O2S. The fraction of sp³-hybridized carbons (Fsp3) is 0.385. The van der Waals surface area contributed by atoms with E-state index in [-0.39, 0.29) is 35.5 Å². The molecule has 4 N–H and O–H groups in total. The zero-order valence-electron chi connectivity index (χ0n) is 10.9. The highest BCUT2D eigenvalue weighted by Gasteiger charge is 2.22. The fourth-order valence-electron chi connectivity index (χ4n) is 1.58. The van der Waals surface area contributed by atoms with Crippen molar-refractivity contribution in [2.75, 3.05) is 6.54 Å². The van der Waals surface area contributed by atoms with Gasteiger partial charge in [-0.05, 0) is 25.0 Å². The molecule has 106 valence electrons. The Morgan fingerprint density at radius 3 is 2.70 bits per heavy atom. The van der Waals surface area contributed by atoms with Crippen LogP contribution in [-0.2, 0) is 4.79 Å². The second kappa shape index (κ2) is 6.42. The topological polar surface area (TPSA) is 97.1 Å². The summed E-state index contributed by atoms with van der Waals surface area (Å²) in [5, 5.41) is 5.50.